The summed E-state index contributed by atoms with van der Waals surface area (Å²) in [6.07, 6.45) is -1.56. The molecular formula is C26H32F3N3O3S. The Morgan fingerprint density at radius 3 is 2.28 bits per heavy atom. The Kier molecular flexibility index (Phi) is 7.66. The Hall–Kier alpha value is -2.59. The lowest BCUT2D eigenvalue weighted by atomic mass is 9.81. The maximum Gasteiger partial charge on any atom is 0.391 e. The molecule has 1 aliphatic heterocycles. The van der Waals surface area contributed by atoms with Gasteiger partial charge in [-0.1, -0.05) is 30.3 Å². The maximum atomic E-state index is 13.1. The summed E-state index contributed by atoms with van der Waals surface area (Å²) in [6, 6.07) is 14.6. The second kappa shape index (κ2) is 10.4. The molecule has 1 saturated heterocycles. The predicted octanol–water partition coefficient (Wildman–Crippen LogP) is 4.42. The zero-order chi connectivity index (χ0) is 26.1. The molecular weight excluding hydrogens is 491 g/mol. The van der Waals surface area contributed by atoms with E-state index in [2.05, 4.69) is 9.80 Å². The molecule has 6 nitrogen and oxygen atoms in total. The second-order valence-corrected chi connectivity index (χ2v) is 11.9. The molecule has 0 aromatic heterocycles. The lowest BCUT2D eigenvalue weighted by molar-refractivity contribution is -0.184. The van der Waals surface area contributed by atoms with Gasteiger partial charge >= 0.3 is 6.18 Å². The third-order valence-electron chi connectivity index (χ3n) is 7.47. The van der Waals surface area contributed by atoms with Crippen molar-refractivity contribution in [3.05, 3.63) is 59.7 Å². The number of alkyl halides is 3. The van der Waals surface area contributed by atoms with Crippen LogP contribution in [-0.4, -0.2) is 57.8 Å². The SMILES string of the molecule is CS(=O)(=O)c1cc(N2CCN(C[C@H]3CC[C@H](C(F)(F)F)CC3)[C@H](c3ccccc3)C2)ccc1C(N)=O. The molecule has 0 spiro atoms. The molecule has 196 valence electrons. The normalized spacial score (nSPS) is 24.0. The van der Waals surface area contributed by atoms with Gasteiger partial charge in [0.25, 0.3) is 0 Å². The van der Waals surface area contributed by atoms with Crippen LogP contribution in [0.3, 0.4) is 0 Å². The Morgan fingerprint density at radius 1 is 1.03 bits per heavy atom. The van der Waals surface area contributed by atoms with E-state index < -0.39 is 27.8 Å². The van der Waals surface area contributed by atoms with Gasteiger partial charge in [-0.2, -0.15) is 13.2 Å². The molecule has 36 heavy (non-hydrogen) atoms. The summed E-state index contributed by atoms with van der Waals surface area (Å²) in [5.41, 5.74) is 7.14. The van der Waals surface area contributed by atoms with Crippen molar-refractivity contribution >= 4 is 21.4 Å². The van der Waals surface area contributed by atoms with E-state index in [9.17, 15) is 26.4 Å². The smallest absolute Gasteiger partial charge is 0.368 e. The molecule has 2 aromatic rings. The fraction of sp³-hybridized carbons (Fsp3) is 0.500. The van der Waals surface area contributed by atoms with Crippen LogP contribution < -0.4 is 10.6 Å². The summed E-state index contributed by atoms with van der Waals surface area (Å²) in [6.45, 7) is 2.62. The summed E-state index contributed by atoms with van der Waals surface area (Å²) < 4.78 is 64.0. The lowest BCUT2D eigenvalue weighted by Gasteiger charge is -2.45. The van der Waals surface area contributed by atoms with E-state index in [-0.39, 0.29) is 35.3 Å². The van der Waals surface area contributed by atoms with Gasteiger partial charge in [0.1, 0.15) is 0 Å². The highest BCUT2D eigenvalue weighted by molar-refractivity contribution is 7.90. The van der Waals surface area contributed by atoms with E-state index in [4.69, 9.17) is 5.73 Å². The molecule has 1 heterocycles. The molecule has 2 aromatic carbocycles. The van der Waals surface area contributed by atoms with Gasteiger partial charge in [0, 0.05) is 38.1 Å². The zero-order valence-electron chi connectivity index (χ0n) is 20.2. The Labute approximate surface area is 210 Å². The van der Waals surface area contributed by atoms with Crippen molar-refractivity contribution < 1.29 is 26.4 Å². The summed E-state index contributed by atoms with van der Waals surface area (Å²) in [7, 11) is -3.67. The fourth-order valence-electron chi connectivity index (χ4n) is 5.49. The van der Waals surface area contributed by atoms with E-state index in [1.807, 2.05) is 30.3 Å². The number of nitrogens with zero attached hydrogens (tertiary/aromatic N) is 2. The van der Waals surface area contributed by atoms with Gasteiger partial charge in [-0.05, 0) is 55.4 Å². The van der Waals surface area contributed by atoms with Crippen molar-refractivity contribution in [2.24, 2.45) is 17.6 Å². The molecule has 1 amide bonds. The average molecular weight is 524 g/mol. The first kappa shape index (κ1) is 26.5. The van der Waals surface area contributed by atoms with Gasteiger partial charge in [-0.25, -0.2) is 8.42 Å². The monoisotopic (exact) mass is 523 g/mol. The highest BCUT2D eigenvalue weighted by Gasteiger charge is 2.42. The number of anilines is 1. The molecule has 10 heteroatoms. The molecule has 4 rings (SSSR count). The molecule has 0 unspecified atom stereocenters. The van der Waals surface area contributed by atoms with Crippen molar-refractivity contribution in [3.8, 4) is 0 Å². The molecule has 1 atom stereocenters. The van der Waals surface area contributed by atoms with E-state index in [0.29, 0.717) is 38.2 Å². The van der Waals surface area contributed by atoms with Crippen LogP contribution in [0.15, 0.2) is 53.4 Å². The summed E-state index contributed by atoms with van der Waals surface area (Å²) >= 11 is 0. The molecule has 2 N–H and O–H groups in total. The summed E-state index contributed by atoms with van der Waals surface area (Å²) in [4.78, 5) is 16.1. The first-order valence-electron chi connectivity index (χ1n) is 12.2. The number of amides is 1. The number of halogens is 3. The number of nitrogens with two attached hydrogens (primary N) is 1. The first-order valence-corrected chi connectivity index (χ1v) is 14.1. The molecule has 0 bridgehead atoms. The van der Waals surface area contributed by atoms with Crippen LogP contribution in [0.5, 0.6) is 0 Å². The number of piperazine rings is 1. The van der Waals surface area contributed by atoms with Crippen LogP contribution >= 0.6 is 0 Å². The standard InChI is InChI=1S/C26H32F3N3O3S/c1-36(34,35)24-15-21(11-12-22(24)25(30)33)31-13-14-32(23(17-31)19-5-3-2-4-6-19)16-18-7-9-20(10-8-18)26(27,28)29/h2-6,11-12,15,18,20,23H,7-10,13-14,16-17H2,1H3,(H2,30,33)/t18-,20-,23-/m0/s1. The number of sulfone groups is 1. The lowest BCUT2D eigenvalue weighted by Crippen LogP contribution is -2.50. The average Bonchev–Trinajstić information content (AvgIpc) is 2.83. The van der Waals surface area contributed by atoms with Crippen LogP contribution in [0, 0.1) is 11.8 Å². The molecule has 0 radical (unpaired) electrons. The molecule has 1 saturated carbocycles. The van der Waals surface area contributed by atoms with Crippen LogP contribution in [0.4, 0.5) is 18.9 Å². The predicted molar refractivity (Wildman–Crippen MR) is 133 cm³/mol. The van der Waals surface area contributed by atoms with Gasteiger partial charge in [0.05, 0.1) is 22.4 Å². The minimum atomic E-state index is -4.11. The topological polar surface area (TPSA) is 83.7 Å². The number of benzene rings is 2. The Balaban J connectivity index is 1.54. The van der Waals surface area contributed by atoms with Crippen LogP contribution in [0.2, 0.25) is 0 Å². The van der Waals surface area contributed by atoms with Gasteiger partial charge < -0.3 is 10.6 Å². The largest absolute Gasteiger partial charge is 0.391 e. The third-order valence-corrected chi connectivity index (χ3v) is 8.61. The van der Waals surface area contributed by atoms with Crippen molar-refractivity contribution in [2.45, 2.75) is 42.8 Å². The number of primary amides is 1. The summed E-state index contributed by atoms with van der Waals surface area (Å²) in [5.74, 6) is -1.77. The Bertz CT molecular complexity index is 1180. The van der Waals surface area contributed by atoms with Gasteiger partial charge in [-0.3, -0.25) is 9.69 Å². The zero-order valence-corrected chi connectivity index (χ0v) is 21.1. The van der Waals surface area contributed by atoms with Crippen molar-refractivity contribution in [2.75, 3.05) is 37.3 Å². The van der Waals surface area contributed by atoms with Crippen molar-refractivity contribution in [3.63, 3.8) is 0 Å². The first-order chi connectivity index (χ1) is 16.9. The number of rotatable bonds is 6. The Morgan fingerprint density at radius 2 is 1.69 bits per heavy atom. The maximum absolute atomic E-state index is 13.1. The van der Waals surface area contributed by atoms with E-state index in [1.165, 1.54) is 12.1 Å². The van der Waals surface area contributed by atoms with Gasteiger partial charge in [-0.15, -0.1) is 0 Å². The number of hydrogen-bond acceptors (Lipinski definition) is 5. The summed E-state index contributed by atoms with van der Waals surface area (Å²) in [5, 5.41) is 0. The number of carbonyl (C=O) groups excluding carboxylic acids is 1. The minimum absolute atomic E-state index is 0.00205. The van der Waals surface area contributed by atoms with E-state index >= 15 is 0 Å². The highest BCUT2D eigenvalue weighted by atomic mass is 32.2. The van der Waals surface area contributed by atoms with E-state index in [0.717, 1.165) is 18.4 Å². The third kappa shape index (κ3) is 6.03. The molecule has 1 aliphatic carbocycles. The fourth-order valence-corrected chi connectivity index (χ4v) is 6.39. The minimum Gasteiger partial charge on any atom is -0.368 e. The number of carbonyl (C=O) groups is 1. The molecule has 2 aliphatic rings. The van der Waals surface area contributed by atoms with E-state index in [1.54, 1.807) is 6.07 Å². The van der Waals surface area contributed by atoms with Crippen LogP contribution in [0.25, 0.3) is 0 Å². The van der Waals surface area contributed by atoms with Crippen molar-refractivity contribution in [1.29, 1.82) is 0 Å². The second-order valence-electron chi connectivity index (χ2n) is 9.94. The van der Waals surface area contributed by atoms with Crippen LogP contribution in [0.1, 0.15) is 47.6 Å². The highest BCUT2D eigenvalue weighted by Crippen LogP contribution is 2.40. The van der Waals surface area contributed by atoms with Gasteiger partial charge in [0.2, 0.25) is 5.91 Å². The number of hydrogen-bond donors (Lipinski definition) is 1. The van der Waals surface area contributed by atoms with Crippen molar-refractivity contribution in [1.82, 2.24) is 4.90 Å². The quantitative estimate of drug-likeness (QED) is 0.606. The van der Waals surface area contributed by atoms with Gasteiger partial charge in [0.15, 0.2) is 9.84 Å². The molecule has 2 fully saturated rings. The van der Waals surface area contributed by atoms with Crippen LogP contribution in [-0.2, 0) is 9.84 Å².